The fraction of sp³-hybridized carbons (Fsp3) is 0.188. The standard InChI is InChI=1S/C16H18N2O4S/c1-11(12-6-4-3-5-7-12)18-15-9-8-13(23(21,22)17-2)10-14(15)16(19)20/h3-11,17-18H,1-2H3,(H,19,20)/t11-/m0/s1. The van der Waals surface area contributed by atoms with E-state index >= 15 is 0 Å². The second kappa shape index (κ2) is 6.80. The van der Waals surface area contributed by atoms with Crippen molar-refractivity contribution in [1.29, 1.82) is 0 Å². The Morgan fingerprint density at radius 1 is 1.13 bits per heavy atom. The predicted molar refractivity (Wildman–Crippen MR) is 88.1 cm³/mol. The molecule has 122 valence electrons. The Morgan fingerprint density at radius 2 is 1.78 bits per heavy atom. The molecule has 2 rings (SSSR count). The van der Waals surface area contributed by atoms with E-state index in [0.717, 1.165) is 11.6 Å². The molecule has 23 heavy (non-hydrogen) atoms. The molecule has 0 aliphatic heterocycles. The number of carboxylic acid groups (broad SMARTS) is 1. The van der Waals surface area contributed by atoms with E-state index < -0.39 is 16.0 Å². The lowest BCUT2D eigenvalue weighted by atomic mass is 10.1. The molecule has 6 nitrogen and oxygen atoms in total. The van der Waals surface area contributed by atoms with Gasteiger partial charge in [-0.15, -0.1) is 0 Å². The summed E-state index contributed by atoms with van der Waals surface area (Å²) in [5, 5.41) is 12.5. The summed E-state index contributed by atoms with van der Waals surface area (Å²) in [5.41, 5.74) is 1.27. The summed E-state index contributed by atoms with van der Waals surface area (Å²) in [6.45, 7) is 1.90. The van der Waals surface area contributed by atoms with Crippen LogP contribution in [0.3, 0.4) is 0 Å². The van der Waals surface area contributed by atoms with E-state index in [9.17, 15) is 18.3 Å². The summed E-state index contributed by atoms with van der Waals surface area (Å²) in [6, 6.07) is 13.4. The Morgan fingerprint density at radius 3 is 2.35 bits per heavy atom. The van der Waals surface area contributed by atoms with Gasteiger partial charge in [-0.25, -0.2) is 17.9 Å². The zero-order chi connectivity index (χ0) is 17.0. The fourth-order valence-electron chi connectivity index (χ4n) is 2.17. The molecule has 0 aliphatic carbocycles. The van der Waals surface area contributed by atoms with Crippen molar-refractivity contribution in [3.05, 3.63) is 59.7 Å². The topological polar surface area (TPSA) is 95.5 Å². The Hall–Kier alpha value is -2.38. The molecule has 0 unspecified atom stereocenters. The first-order valence-corrected chi connectivity index (χ1v) is 8.46. The molecule has 0 amide bonds. The monoisotopic (exact) mass is 334 g/mol. The highest BCUT2D eigenvalue weighted by atomic mass is 32.2. The van der Waals surface area contributed by atoms with E-state index in [1.54, 1.807) is 0 Å². The summed E-state index contributed by atoms with van der Waals surface area (Å²) < 4.78 is 25.8. The summed E-state index contributed by atoms with van der Waals surface area (Å²) in [6.07, 6.45) is 0. The lowest BCUT2D eigenvalue weighted by Crippen LogP contribution is -2.19. The van der Waals surface area contributed by atoms with Crippen molar-refractivity contribution >= 4 is 21.7 Å². The lowest BCUT2D eigenvalue weighted by molar-refractivity contribution is 0.0697. The van der Waals surface area contributed by atoms with Crippen LogP contribution in [-0.4, -0.2) is 26.5 Å². The Labute approximate surface area is 135 Å². The van der Waals surface area contributed by atoms with E-state index in [0.29, 0.717) is 5.69 Å². The van der Waals surface area contributed by atoms with Gasteiger partial charge in [-0.1, -0.05) is 30.3 Å². The smallest absolute Gasteiger partial charge is 0.337 e. The molecule has 0 saturated carbocycles. The molecule has 0 aliphatic rings. The van der Waals surface area contributed by atoms with E-state index in [1.165, 1.54) is 19.2 Å². The van der Waals surface area contributed by atoms with Gasteiger partial charge in [-0.2, -0.15) is 0 Å². The number of sulfonamides is 1. The zero-order valence-corrected chi connectivity index (χ0v) is 13.6. The van der Waals surface area contributed by atoms with Crippen LogP contribution in [0.2, 0.25) is 0 Å². The number of carbonyl (C=O) groups is 1. The number of nitrogens with one attached hydrogen (secondary N) is 2. The van der Waals surface area contributed by atoms with Gasteiger partial charge < -0.3 is 10.4 Å². The molecule has 2 aromatic carbocycles. The number of rotatable bonds is 6. The molecular weight excluding hydrogens is 316 g/mol. The summed E-state index contributed by atoms with van der Waals surface area (Å²) in [7, 11) is -2.42. The molecule has 0 heterocycles. The minimum Gasteiger partial charge on any atom is -0.478 e. The molecule has 0 spiro atoms. The molecule has 3 N–H and O–H groups in total. The van der Waals surface area contributed by atoms with Gasteiger partial charge in [-0.05, 0) is 37.7 Å². The van der Waals surface area contributed by atoms with Gasteiger partial charge >= 0.3 is 5.97 Å². The average Bonchev–Trinajstić information content (AvgIpc) is 2.55. The third kappa shape index (κ3) is 3.88. The average molecular weight is 334 g/mol. The molecule has 0 saturated heterocycles. The van der Waals surface area contributed by atoms with E-state index in [-0.39, 0.29) is 16.5 Å². The maximum Gasteiger partial charge on any atom is 0.337 e. The number of hydrogen-bond donors (Lipinski definition) is 3. The quantitative estimate of drug-likeness (QED) is 0.754. The number of benzene rings is 2. The second-order valence-electron chi connectivity index (χ2n) is 5.00. The summed E-state index contributed by atoms with van der Waals surface area (Å²) >= 11 is 0. The number of carboxylic acids is 1. The van der Waals surface area contributed by atoms with Crippen LogP contribution in [0.1, 0.15) is 28.9 Å². The van der Waals surface area contributed by atoms with Crippen molar-refractivity contribution in [1.82, 2.24) is 4.72 Å². The SMILES string of the molecule is CNS(=O)(=O)c1ccc(N[C@@H](C)c2ccccc2)c(C(=O)O)c1. The van der Waals surface area contributed by atoms with Gasteiger partial charge in [0, 0.05) is 11.7 Å². The minimum atomic E-state index is -3.69. The van der Waals surface area contributed by atoms with Crippen LogP contribution in [0.4, 0.5) is 5.69 Å². The van der Waals surface area contributed by atoms with E-state index in [2.05, 4.69) is 10.0 Å². The van der Waals surface area contributed by atoms with Crippen molar-refractivity contribution in [2.24, 2.45) is 0 Å². The molecular formula is C16H18N2O4S. The molecule has 1 atom stereocenters. The Balaban J connectivity index is 2.37. The van der Waals surface area contributed by atoms with Crippen LogP contribution in [0.5, 0.6) is 0 Å². The predicted octanol–water partition coefficient (Wildman–Crippen LogP) is 2.47. The van der Waals surface area contributed by atoms with Gasteiger partial charge in [0.2, 0.25) is 10.0 Å². The van der Waals surface area contributed by atoms with Crippen molar-refractivity contribution in [2.45, 2.75) is 17.9 Å². The number of anilines is 1. The van der Waals surface area contributed by atoms with E-state index in [1.807, 2.05) is 37.3 Å². The van der Waals surface area contributed by atoms with Crippen molar-refractivity contribution in [3.63, 3.8) is 0 Å². The van der Waals surface area contributed by atoms with Crippen LogP contribution in [-0.2, 0) is 10.0 Å². The molecule has 0 fully saturated rings. The maximum absolute atomic E-state index is 11.8. The fourth-order valence-corrected chi connectivity index (χ4v) is 2.93. The third-order valence-corrected chi connectivity index (χ3v) is 4.88. The Bertz CT molecular complexity index is 804. The Kier molecular flexibility index (Phi) is 5.02. The summed E-state index contributed by atoms with van der Waals surface area (Å²) in [5.74, 6) is -1.19. The van der Waals surface area contributed by atoms with Crippen LogP contribution < -0.4 is 10.0 Å². The highest BCUT2D eigenvalue weighted by molar-refractivity contribution is 7.89. The molecule has 0 aromatic heterocycles. The minimum absolute atomic E-state index is 0.0877. The van der Waals surface area contributed by atoms with Gasteiger partial charge in [0.15, 0.2) is 0 Å². The van der Waals surface area contributed by atoms with E-state index in [4.69, 9.17) is 0 Å². The summed E-state index contributed by atoms with van der Waals surface area (Å²) in [4.78, 5) is 11.4. The molecule has 2 aromatic rings. The molecule has 7 heteroatoms. The third-order valence-electron chi connectivity index (χ3n) is 3.47. The first kappa shape index (κ1) is 17.0. The van der Waals surface area contributed by atoms with Crippen LogP contribution in [0.15, 0.2) is 53.4 Å². The molecule has 0 radical (unpaired) electrons. The normalized spacial score (nSPS) is 12.6. The van der Waals surface area contributed by atoms with Crippen LogP contribution in [0.25, 0.3) is 0 Å². The van der Waals surface area contributed by atoms with Gasteiger partial charge in [-0.3, -0.25) is 0 Å². The van der Waals surface area contributed by atoms with Crippen molar-refractivity contribution in [3.8, 4) is 0 Å². The number of aromatic carboxylic acids is 1. The second-order valence-corrected chi connectivity index (χ2v) is 6.88. The lowest BCUT2D eigenvalue weighted by Gasteiger charge is -2.18. The zero-order valence-electron chi connectivity index (χ0n) is 12.8. The first-order chi connectivity index (χ1) is 10.8. The highest BCUT2D eigenvalue weighted by Gasteiger charge is 2.18. The molecule has 0 bridgehead atoms. The van der Waals surface area contributed by atoms with Crippen molar-refractivity contribution < 1.29 is 18.3 Å². The van der Waals surface area contributed by atoms with Crippen molar-refractivity contribution in [2.75, 3.05) is 12.4 Å². The van der Waals surface area contributed by atoms with Gasteiger partial charge in [0.25, 0.3) is 0 Å². The highest BCUT2D eigenvalue weighted by Crippen LogP contribution is 2.25. The van der Waals surface area contributed by atoms with Crippen LogP contribution >= 0.6 is 0 Å². The van der Waals surface area contributed by atoms with Gasteiger partial charge in [0.1, 0.15) is 0 Å². The largest absolute Gasteiger partial charge is 0.478 e. The van der Waals surface area contributed by atoms with Crippen LogP contribution in [0, 0.1) is 0 Å². The first-order valence-electron chi connectivity index (χ1n) is 6.97. The number of hydrogen-bond acceptors (Lipinski definition) is 4. The maximum atomic E-state index is 11.8. The van der Waals surface area contributed by atoms with Gasteiger partial charge in [0.05, 0.1) is 10.5 Å².